The van der Waals surface area contributed by atoms with E-state index in [1.165, 1.54) is 18.2 Å². The number of nitrogens with two attached hydrogens (primary N) is 3. The summed E-state index contributed by atoms with van der Waals surface area (Å²) in [5, 5.41) is 0.378. The second kappa shape index (κ2) is 8.41. The minimum absolute atomic E-state index is 0.00213. The van der Waals surface area contributed by atoms with Gasteiger partial charge in [-0.05, 0) is 31.2 Å². The van der Waals surface area contributed by atoms with Crippen LogP contribution >= 0.6 is 11.6 Å². The standard InChI is InChI=1S/C18H18ClF3N4O2/c1-2-28-17(27)16(26(25)14-6-4-3-5-13(14)23)15(24)10-7-8-12(19)11(9-10)18(20,21)22/h3-9H,2,23-25H2,1H3/b16-15+. The molecular formula is C18H18ClF3N4O2. The average Bonchev–Trinajstić information content (AvgIpc) is 2.61. The summed E-state index contributed by atoms with van der Waals surface area (Å²) >= 11 is 5.64. The van der Waals surface area contributed by atoms with E-state index in [9.17, 15) is 18.0 Å². The molecule has 0 aliphatic carbocycles. The van der Waals surface area contributed by atoms with E-state index in [0.29, 0.717) is 0 Å². The van der Waals surface area contributed by atoms with Crippen LogP contribution in [0.2, 0.25) is 5.02 Å². The van der Waals surface area contributed by atoms with E-state index >= 15 is 0 Å². The highest BCUT2D eigenvalue weighted by Gasteiger charge is 2.34. The first-order valence-corrected chi connectivity index (χ1v) is 8.39. The fourth-order valence-electron chi connectivity index (χ4n) is 2.41. The Hall–Kier alpha value is -2.91. The predicted molar refractivity (Wildman–Crippen MR) is 102 cm³/mol. The van der Waals surface area contributed by atoms with Gasteiger partial charge in [0.2, 0.25) is 0 Å². The molecule has 0 heterocycles. The van der Waals surface area contributed by atoms with Crippen molar-refractivity contribution in [3.63, 3.8) is 0 Å². The van der Waals surface area contributed by atoms with Crippen LogP contribution in [0.1, 0.15) is 18.1 Å². The van der Waals surface area contributed by atoms with Crippen molar-refractivity contribution in [2.45, 2.75) is 13.1 Å². The minimum Gasteiger partial charge on any atom is -0.461 e. The van der Waals surface area contributed by atoms with Gasteiger partial charge in [-0.1, -0.05) is 29.8 Å². The van der Waals surface area contributed by atoms with Crippen LogP contribution in [0.3, 0.4) is 0 Å². The number of nitrogens with zero attached hydrogens (tertiary/aromatic N) is 1. The molecule has 0 unspecified atom stereocenters. The molecular weight excluding hydrogens is 397 g/mol. The van der Waals surface area contributed by atoms with E-state index in [0.717, 1.165) is 17.1 Å². The largest absolute Gasteiger partial charge is 0.461 e. The molecule has 28 heavy (non-hydrogen) atoms. The average molecular weight is 415 g/mol. The van der Waals surface area contributed by atoms with Crippen molar-refractivity contribution in [2.75, 3.05) is 17.3 Å². The topological polar surface area (TPSA) is 108 Å². The van der Waals surface area contributed by atoms with Crippen LogP contribution in [0, 0.1) is 0 Å². The predicted octanol–water partition coefficient (Wildman–Crippen LogP) is 3.51. The first kappa shape index (κ1) is 21.4. The third-order valence-corrected chi connectivity index (χ3v) is 4.07. The van der Waals surface area contributed by atoms with E-state index in [1.807, 2.05) is 0 Å². The molecule has 0 spiro atoms. The third kappa shape index (κ3) is 4.49. The summed E-state index contributed by atoms with van der Waals surface area (Å²) in [7, 11) is 0. The number of carbonyl (C=O) groups excluding carboxylic acids is 1. The van der Waals surface area contributed by atoms with Crippen LogP contribution in [-0.2, 0) is 15.7 Å². The van der Waals surface area contributed by atoms with Crippen LogP contribution in [0.25, 0.3) is 5.70 Å². The second-order valence-corrected chi connectivity index (χ2v) is 6.01. The smallest absolute Gasteiger partial charge is 0.417 e. The van der Waals surface area contributed by atoms with Crippen molar-refractivity contribution in [3.05, 3.63) is 64.3 Å². The van der Waals surface area contributed by atoms with Gasteiger partial charge in [0.25, 0.3) is 0 Å². The lowest BCUT2D eigenvalue weighted by atomic mass is 10.1. The summed E-state index contributed by atoms with van der Waals surface area (Å²) < 4.78 is 44.5. The molecule has 6 nitrogen and oxygen atoms in total. The lowest BCUT2D eigenvalue weighted by Crippen LogP contribution is -2.37. The number of nitrogen functional groups attached to an aromatic ring is 1. The Bertz CT molecular complexity index is 916. The number of hydrogen-bond donors (Lipinski definition) is 3. The zero-order valence-electron chi connectivity index (χ0n) is 14.8. The van der Waals surface area contributed by atoms with Crippen molar-refractivity contribution in [3.8, 4) is 0 Å². The molecule has 2 aromatic rings. The van der Waals surface area contributed by atoms with E-state index in [-0.39, 0.29) is 34.9 Å². The molecule has 2 aromatic carbocycles. The highest BCUT2D eigenvalue weighted by Crippen LogP contribution is 2.36. The van der Waals surface area contributed by atoms with Crippen molar-refractivity contribution in [1.29, 1.82) is 0 Å². The summed E-state index contributed by atoms with van der Waals surface area (Å²) in [5.74, 6) is 5.11. The Kier molecular flexibility index (Phi) is 6.42. The Balaban J connectivity index is 2.67. The van der Waals surface area contributed by atoms with Crippen molar-refractivity contribution >= 4 is 34.6 Å². The van der Waals surface area contributed by atoms with Gasteiger partial charge in [-0.2, -0.15) is 13.2 Å². The zero-order chi connectivity index (χ0) is 21.1. The fourth-order valence-corrected chi connectivity index (χ4v) is 2.64. The number of hydrogen-bond acceptors (Lipinski definition) is 6. The molecule has 150 valence electrons. The van der Waals surface area contributed by atoms with Gasteiger partial charge in [-0.3, -0.25) is 5.01 Å². The number of esters is 1. The second-order valence-electron chi connectivity index (χ2n) is 5.60. The lowest BCUT2D eigenvalue weighted by molar-refractivity contribution is -0.138. The number of carbonyl (C=O) groups is 1. The molecule has 0 aromatic heterocycles. The first-order valence-electron chi connectivity index (χ1n) is 8.01. The number of anilines is 2. The maximum Gasteiger partial charge on any atom is 0.417 e. The van der Waals surface area contributed by atoms with Crippen LogP contribution in [-0.4, -0.2) is 12.6 Å². The molecule has 0 atom stereocenters. The molecule has 0 radical (unpaired) electrons. The number of para-hydroxylation sites is 2. The molecule has 0 saturated heterocycles. The van der Waals surface area contributed by atoms with Gasteiger partial charge in [0.1, 0.15) is 0 Å². The zero-order valence-corrected chi connectivity index (χ0v) is 15.5. The minimum atomic E-state index is -4.70. The van der Waals surface area contributed by atoms with Crippen LogP contribution < -0.4 is 22.3 Å². The molecule has 0 saturated carbocycles. The van der Waals surface area contributed by atoms with E-state index in [4.69, 9.17) is 33.6 Å². The molecule has 0 aliphatic rings. The maximum absolute atomic E-state index is 13.2. The van der Waals surface area contributed by atoms with Crippen LogP contribution in [0.5, 0.6) is 0 Å². The molecule has 0 fully saturated rings. The number of rotatable bonds is 5. The Morgan fingerprint density at radius 3 is 2.43 bits per heavy atom. The fraction of sp³-hybridized carbons (Fsp3) is 0.167. The molecule has 0 aliphatic heterocycles. The monoisotopic (exact) mass is 414 g/mol. The number of ether oxygens (including phenoxy) is 1. The van der Waals surface area contributed by atoms with Crippen molar-refractivity contribution in [1.82, 2.24) is 0 Å². The van der Waals surface area contributed by atoms with Crippen molar-refractivity contribution < 1.29 is 22.7 Å². The third-order valence-electron chi connectivity index (χ3n) is 3.74. The van der Waals surface area contributed by atoms with Gasteiger partial charge in [0.05, 0.1) is 34.3 Å². The molecule has 6 N–H and O–H groups in total. The van der Waals surface area contributed by atoms with Gasteiger partial charge in [-0.25, -0.2) is 10.6 Å². The van der Waals surface area contributed by atoms with Gasteiger partial charge >= 0.3 is 12.1 Å². The van der Waals surface area contributed by atoms with Gasteiger partial charge in [0, 0.05) is 5.56 Å². The number of halogens is 4. The molecule has 0 bridgehead atoms. The van der Waals surface area contributed by atoms with Crippen molar-refractivity contribution in [2.24, 2.45) is 11.6 Å². The molecule has 2 rings (SSSR count). The summed E-state index contributed by atoms with van der Waals surface area (Å²) in [6, 6.07) is 9.34. The summed E-state index contributed by atoms with van der Waals surface area (Å²) in [6.07, 6.45) is -4.70. The molecule has 10 heteroatoms. The number of hydrazine groups is 1. The Morgan fingerprint density at radius 2 is 1.86 bits per heavy atom. The van der Waals surface area contributed by atoms with Crippen LogP contribution in [0.15, 0.2) is 48.2 Å². The van der Waals surface area contributed by atoms with E-state index < -0.39 is 22.7 Å². The van der Waals surface area contributed by atoms with Gasteiger partial charge in [0.15, 0.2) is 5.70 Å². The lowest BCUT2D eigenvalue weighted by Gasteiger charge is -2.24. The normalized spacial score (nSPS) is 12.4. The SMILES string of the molecule is CCOC(=O)/C(=C(\N)c1ccc(Cl)c(C(F)(F)F)c1)N(N)c1ccccc1N. The Labute approximate surface area is 164 Å². The Morgan fingerprint density at radius 1 is 1.21 bits per heavy atom. The summed E-state index contributed by atoms with van der Waals surface area (Å²) in [5.41, 5.74) is 10.4. The van der Waals surface area contributed by atoms with Crippen LogP contribution in [0.4, 0.5) is 24.5 Å². The summed E-state index contributed by atoms with van der Waals surface area (Å²) in [4.78, 5) is 12.5. The van der Waals surface area contributed by atoms with E-state index in [2.05, 4.69) is 0 Å². The first-order chi connectivity index (χ1) is 13.1. The maximum atomic E-state index is 13.2. The van der Waals surface area contributed by atoms with E-state index in [1.54, 1.807) is 19.1 Å². The van der Waals surface area contributed by atoms with Gasteiger partial charge in [-0.15, -0.1) is 0 Å². The number of alkyl halides is 3. The summed E-state index contributed by atoms with van der Waals surface area (Å²) in [6.45, 7) is 1.57. The number of benzene rings is 2. The quantitative estimate of drug-likeness (QED) is 0.227. The highest BCUT2D eigenvalue weighted by atomic mass is 35.5. The highest BCUT2D eigenvalue weighted by molar-refractivity contribution is 6.31. The van der Waals surface area contributed by atoms with Gasteiger partial charge < -0.3 is 16.2 Å². The molecule has 0 amide bonds.